The quantitative estimate of drug-likeness (QED) is 0.197. The molecule has 1 heterocycles. The summed E-state index contributed by atoms with van der Waals surface area (Å²) in [4.78, 5) is 56.4. The molecule has 0 spiro atoms. The third kappa shape index (κ3) is 11.4. The van der Waals surface area contributed by atoms with Crippen LogP contribution in [0.3, 0.4) is 0 Å². The maximum atomic E-state index is 14.0. The SMILES string of the molecule is CC=CCC1(C(=O)OCc2ccccc2)C[C@@H](N(CCNC(=O)OC(C)(C)C)C(=O)OC(C)(C)C)CN1C(=O)OC(C)(C)C. The van der Waals surface area contributed by atoms with E-state index in [1.54, 1.807) is 74.5 Å². The van der Waals surface area contributed by atoms with Gasteiger partial charge in [-0.15, -0.1) is 0 Å². The Morgan fingerprint density at radius 1 is 0.932 bits per heavy atom. The van der Waals surface area contributed by atoms with E-state index in [1.165, 1.54) is 9.80 Å². The molecule has 1 unspecified atom stereocenters. The molecule has 0 aromatic heterocycles. The monoisotopic (exact) mass is 617 g/mol. The van der Waals surface area contributed by atoms with Gasteiger partial charge in [0.25, 0.3) is 0 Å². The summed E-state index contributed by atoms with van der Waals surface area (Å²) in [6, 6.07) is 8.59. The standard InChI is InChI=1S/C33H51N3O8/c1-11-12-18-33(26(37)41-23-24-16-14-13-15-17-24)21-25(22-36(33)29(40)44-32(8,9)10)35(28(39)43-31(5,6)7)20-19-34-27(38)42-30(2,3)4/h11-17,25H,18-23H2,1-10H3,(H,34,38)/t25-,33?/m1/s1. The molecule has 11 heteroatoms. The lowest BCUT2D eigenvalue weighted by atomic mass is 9.90. The highest BCUT2D eigenvalue weighted by atomic mass is 16.6. The first-order valence-electron chi connectivity index (χ1n) is 15.1. The third-order valence-corrected chi connectivity index (χ3v) is 6.47. The molecule has 1 fully saturated rings. The Hall–Kier alpha value is -3.76. The molecular formula is C33H51N3O8. The number of carbonyl (C=O) groups excluding carboxylic acids is 4. The van der Waals surface area contributed by atoms with Gasteiger partial charge in [-0.05, 0) is 81.2 Å². The van der Waals surface area contributed by atoms with Crippen LogP contribution in [0.4, 0.5) is 14.4 Å². The van der Waals surface area contributed by atoms with E-state index in [1.807, 2.05) is 37.3 Å². The lowest BCUT2D eigenvalue weighted by Crippen LogP contribution is -2.54. The van der Waals surface area contributed by atoms with Crippen LogP contribution in [0.5, 0.6) is 0 Å². The largest absolute Gasteiger partial charge is 0.459 e. The fraction of sp³-hybridized carbons (Fsp3) is 0.636. The second kappa shape index (κ2) is 14.8. The molecule has 1 saturated heterocycles. The number of hydrogen-bond acceptors (Lipinski definition) is 8. The number of likely N-dealkylation sites (tertiary alicyclic amines) is 1. The smallest absolute Gasteiger partial charge is 0.411 e. The normalized spacial score (nSPS) is 19.0. The van der Waals surface area contributed by atoms with Crippen LogP contribution in [0.25, 0.3) is 0 Å². The lowest BCUT2D eigenvalue weighted by Gasteiger charge is -2.36. The molecule has 1 aliphatic rings. The minimum atomic E-state index is -1.47. The molecule has 246 valence electrons. The average Bonchev–Trinajstić information content (AvgIpc) is 3.26. The van der Waals surface area contributed by atoms with Gasteiger partial charge in [0.2, 0.25) is 0 Å². The number of ether oxygens (including phenoxy) is 4. The Balaban J connectivity index is 2.47. The van der Waals surface area contributed by atoms with E-state index < -0.39 is 52.6 Å². The van der Waals surface area contributed by atoms with Crippen molar-refractivity contribution in [1.82, 2.24) is 15.1 Å². The summed E-state index contributed by atoms with van der Waals surface area (Å²) < 4.78 is 22.6. The van der Waals surface area contributed by atoms with Crippen molar-refractivity contribution in [3.8, 4) is 0 Å². The summed E-state index contributed by atoms with van der Waals surface area (Å²) in [5, 5.41) is 2.67. The van der Waals surface area contributed by atoms with E-state index in [2.05, 4.69) is 5.32 Å². The van der Waals surface area contributed by atoms with Gasteiger partial charge in [0.05, 0.1) is 6.04 Å². The van der Waals surface area contributed by atoms with E-state index in [-0.39, 0.29) is 39.1 Å². The summed E-state index contributed by atoms with van der Waals surface area (Å²) in [5.74, 6) is -0.608. The number of nitrogens with zero attached hydrogens (tertiary/aromatic N) is 2. The van der Waals surface area contributed by atoms with E-state index in [9.17, 15) is 19.2 Å². The lowest BCUT2D eigenvalue weighted by molar-refractivity contribution is -0.157. The molecule has 1 aliphatic heterocycles. The van der Waals surface area contributed by atoms with Crippen LogP contribution in [-0.4, -0.2) is 82.1 Å². The first-order valence-corrected chi connectivity index (χ1v) is 15.1. The maximum Gasteiger partial charge on any atom is 0.411 e. The zero-order valence-corrected chi connectivity index (χ0v) is 28.0. The highest BCUT2D eigenvalue weighted by Crippen LogP contribution is 2.38. The Kier molecular flexibility index (Phi) is 12.3. The van der Waals surface area contributed by atoms with Crippen molar-refractivity contribution in [3.63, 3.8) is 0 Å². The average molecular weight is 618 g/mol. The van der Waals surface area contributed by atoms with Gasteiger partial charge in [-0.25, -0.2) is 19.2 Å². The van der Waals surface area contributed by atoms with Crippen LogP contribution in [-0.2, 0) is 30.3 Å². The molecule has 11 nitrogen and oxygen atoms in total. The molecule has 1 aromatic carbocycles. The Labute approximate surface area is 262 Å². The highest BCUT2D eigenvalue weighted by molar-refractivity contribution is 5.87. The van der Waals surface area contributed by atoms with Crippen LogP contribution in [0.2, 0.25) is 0 Å². The predicted molar refractivity (Wildman–Crippen MR) is 167 cm³/mol. The summed E-state index contributed by atoms with van der Waals surface area (Å²) in [7, 11) is 0. The Morgan fingerprint density at radius 2 is 1.52 bits per heavy atom. The number of hydrogen-bond donors (Lipinski definition) is 1. The van der Waals surface area contributed by atoms with E-state index in [0.29, 0.717) is 0 Å². The molecular weight excluding hydrogens is 566 g/mol. The molecule has 0 aliphatic carbocycles. The van der Waals surface area contributed by atoms with Crippen LogP contribution < -0.4 is 5.32 Å². The zero-order chi connectivity index (χ0) is 33.3. The minimum Gasteiger partial charge on any atom is -0.459 e. The van der Waals surface area contributed by atoms with Gasteiger partial charge in [-0.1, -0.05) is 42.5 Å². The molecule has 44 heavy (non-hydrogen) atoms. The van der Waals surface area contributed by atoms with Gasteiger partial charge in [0.15, 0.2) is 0 Å². The van der Waals surface area contributed by atoms with Crippen molar-refractivity contribution in [1.29, 1.82) is 0 Å². The number of carbonyl (C=O) groups is 4. The molecule has 1 aromatic rings. The van der Waals surface area contributed by atoms with Crippen LogP contribution in [0.1, 0.15) is 87.6 Å². The highest BCUT2D eigenvalue weighted by Gasteiger charge is 2.57. The zero-order valence-electron chi connectivity index (χ0n) is 28.0. The van der Waals surface area contributed by atoms with Crippen molar-refractivity contribution in [2.75, 3.05) is 19.6 Å². The number of amides is 3. The Bertz CT molecular complexity index is 1160. The minimum absolute atomic E-state index is 0.0136. The van der Waals surface area contributed by atoms with Gasteiger partial charge < -0.3 is 29.2 Å². The first-order chi connectivity index (χ1) is 20.3. The van der Waals surface area contributed by atoms with Gasteiger partial charge in [-0.2, -0.15) is 0 Å². The van der Waals surface area contributed by atoms with Crippen molar-refractivity contribution in [2.24, 2.45) is 0 Å². The van der Waals surface area contributed by atoms with Crippen molar-refractivity contribution >= 4 is 24.2 Å². The molecule has 2 atom stereocenters. The predicted octanol–water partition coefficient (Wildman–Crippen LogP) is 6.21. The van der Waals surface area contributed by atoms with Crippen molar-refractivity contribution < 1.29 is 38.1 Å². The third-order valence-electron chi connectivity index (χ3n) is 6.47. The molecule has 1 N–H and O–H groups in total. The van der Waals surface area contributed by atoms with Gasteiger partial charge in [-0.3, -0.25) is 4.90 Å². The van der Waals surface area contributed by atoms with E-state index in [0.717, 1.165) is 5.56 Å². The molecule has 3 amide bonds. The summed E-state index contributed by atoms with van der Waals surface area (Å²) in [5.41, 5.74) is -3.01. The fourth-order valence-corrected chi connectivity index (χ4v) is 4.70. The van der Waals surface area contributed by atoms with Crippen LogP contribution >= 0.6 is 0 Å². The number of benzene rings is 1. The number of esters is 1. The molecule has 0 radical (unpaired) electrons. The second-order valence-electron chi connectivity index (χ2n) is 13.9. The van der Waals surface area contributed by atoms with Crippen molar-refractivity contribution in [3.05, 3.63) is 48.0 Å². The molecule has 0 bridgehead atoms. The van der Waals surface area contributed by atoms with Crippen molar-refractivity contribution in [2.45, 2.75) is 117 Å². The van der Waals surface area contributed by atoms with E-state index >= 15 is 0 Å². The van der Waals surface area contributed by atoms with E-state index in [4.69, 9.17) is 18.9 Å². The van der Waals surface area contributed by atoms with Gasteiger partial charge >= 0.3 is 24.2 Å². The Morgan fingerprint density at radius 3 is 2.07 bits per heavy atom. The topological polar surface area (TPSA) is 124 Å². The molecule has 0 saturated carbocycles. The molecule has 2 rings (SSSR count). The number of alkyl carbamates (subject to hydrolysis) is 1. The van der Waals surface area contributed by atoms with Crippen LogP contribution in [0.15, 0.2) is 42.5 Å². The second-order valence-corrected chi connectivity index (χ2v) is 13.9. The van der Waals surface area contributed by atoms with Gasteiger partial charge in [0, 0.05) is 26.1 Å². The summed E-state index contributed by atoms with van der Waals surface area (Å²) >= 11 is 0. The van der Waals surface area contributed by atoms with Crippen LogP contribution in [0, 0.1) is 0 Å². The fourth-order valence-electron chi connectivity index (χ4n) is 4.70. The van der Waals surface area contributed by atoms with Gasteiger partial charge in [0.1, 0.15) is 28.9 Å². The number of nitrogens with one attached hydrogen (secondary N) is 1. The maximum absolute atomic E-state index is 14.0. The summed E-state index contributed by atoms with van der Waals surface area (Å²) in [6.07, 6.45) is 1.83. The summed E-state index contributed by atoms with van der Waals surface area (Å²) in [6.45, 7) is 17.7. The number of allylic oxidation sites excluding steroid dienone is 1. The first kappa shape index (κ1) is 36.4. The number of rotatable bonds is 9.